The molecule has 2 aliphatic heterocycles. The number of carbonyl (C=O) groups is 3. The first-order chi connectivity index (χ1) is 16.5. The molecule has 0 aliphatic carbocycles. The van der Waals surface area contributed by atoms with Crippen molar-refractivity contribution in [2.45, 2.75) is 12.8 Å². The van der Waals surface area contributed by atoms with Crippen molar-refractivity contribution in [3.63, 3.8) is 0 Å². The lowest BCUT2D eigenvalue weighted by Gasteiger charge is -2.34. The summed E-state index contributed by atoms with van der Waals surface area (Å²) in [7, 11) is 0. The van der Waals surface area contributed by atoms with E-state index >= 15 is 0 Å². The molecule has 0 saturated heterocycles. The van der Waals surface area contributed by atoms with Gasteiger partial charge >= 0.3 is 0 Å². The van der Waals surface area contributed by atoms with Crippen molar-refractivity contribution in [3.8, 4) is 5.75 Å². The van der Waals surface area contributed by atoms with Gasteiger partial charge in [-0.3, -0.25) is 19.3 Å². The summed E-state index contributed by atoms with van der Waals surface area (Å²) in [6.07, 6.45) is 1.41. The van der Waals surface area contributed by atoms with Crippen molar-refractivity contribution >= 4 is 34.8 Å². The van der Waals surface area contributed by atoms with Gasteiger partial charge in [0.15, 0.2) is 6.61 Å². The number of fused-ring (bicyclic) bond motifs is 2. The Hall–Kier alpha value is -4.20. The molecule has 2 aliphatic rings. The van der Waals surface area contributed by atoms with Gasteiger partial charge in [0.2, 0.25) is 5.91 Å². The molecule has 0 bridgehead atoms. The zero-order chi connectivity index (χ0) is 23.7. The van der Waals surface area contributed by atoms with Crippen molar-refractivity contribution in [1.82, 2.24) is 0 Å². The maximum absolute atomic E-state index is 13.3. The summed E-state index contributed by atoms with van der Waals surface area (Å²) >= 11 is 0. The normalized spacial score (nSPS) is 14.7. The van der Waals surface area contributed by atoms with Crippen LogP contribution in [0.25, 0.3) is 0 Å². The van der Waals surface area contributed by atoms with E-state index in [1.165, 1.54) is 29.2 Å². The molecule has 3 amide bonds. The smallest absolute Gasteiger partial charge is 0.265 e. The fourth-order valence-corrected chi connectivity index (χ4v) is 4.34. The summed E-state index contributed by atoms with van der Waals surface area (Å²) in [5.74, 6) is -0.686. The predicted octanol–water partition coefficient (Wildman–Crippen LogP) is 3.78. The lowest BCUT2D eigenvalue weighted by molar-refractivity contribution is -0.124. The number of nitrogens with zero attached hydrogens (tertiary/aromatic N) is 2. The molecular weight excluding hydrogens is 437 g/mol. The van der Waals surface area contributed by atoms with Crippen molar-refractivity contribution in [2.75, 3.05) is 34.8 Å². The van der Waals surface area contributed by atoms with Gasteiger partial charge < -0.3 is 15.0 Å². The Morgan fingerprint density at radius 1 is 0.971 bits per heavy atom. The molecule has 7 nitrogen and oxygen atoms in total. The quantitative estimate of drug-likeness (QED) is 0.644. The van der Waals surface area contributed by atoms with E-state index < -0.39 is 5.82 Å². The minimum atomic E-state index is -0.413. The highest BCUT2D eigenvalue weighted by Crippen LogP contribution is 2.35. The lowest BCUT2D eigenvalue weighted by atomic mass is 9.99. The number of anilines is 3. The van der Waals surface area contributed by atoms with Crippen LogP contribution in [0.15, 0.2) is 66.7 Å². The minimum absolute atomic E-state index is 0.106. The van der Waals surface area contributed by atoms with Gasteiger partial charge in [0, 0.05) is 23.5 Å². The molecule has 0 saturated carbocycles. The van der Waals surface area contributed by atoms with Crippen molar-refractivity contribution in [2.24, 2.45) is 0 Å². The highest BCUT2D eigenvalue weighted by molar-refractivity contribution is 6.08. The monoisotopic (exact) mass is 459 g/mol. The van der Waals surface area contributed by atoms with Crippen LogP contribution in [0.3, 0.4) is 0 Å². The average Bonchev–Trinajstić information content (AvgIpc) is 2.86. The van der Waals surface area contributed by atoms with Gasteiger partial charge in [0.05, 0.1) is 5.69 Å². The number of amides is 3. The molecule has 5 rings (SSSR count). The summed E-state index contributed by atoms with van der Waals surface area (Å²) in [4.78, 5) is 41.6. The number of para-hydroxylation sites is 2. The second-order valence-corrected chi connectivity index (χ2v) is 8.15. The van der Waals surface area contributed by atoms with Gasteiger partial charge in [-0.15, -0.1) is 0 Å². The largest absolute Gasteiger partial charge is 0.482 e. The zero-order valence-electron chi connectivity index (χ0n) is 18.3. The Balaban J connectivity index is 1.38. The van der Waals surface area contributed by atoms with E-state index in [-0.39, 0.29) is 30.9 Å². The van der Waals surface area contributed by atoms with Gasteiger partial charge in [-0.05, 0) is 66.9 Å². The summed E-state index contributed by atoms with van der Waals surface area (Å²) in [6, 6.07) is 17.9. The van der Waals surface area contributed by atoms with E-state index in [0.717, 1.165) is 12.0 Å². The fraction of sp³-hybridized carbons (Fsp3) is 0.192. The molecule has 34 heavy (non-hydrogen) atoms. The third-order valence-electron chi connectivity index (χ3n) is 6.01. The maximum Gasteiger partial charge on any atom is 0.265 e. The molecule has 8 heteroatoms. The predicted molar refractivity (Wildman–Crippen MR) is 126 cm³/mol. The minimum Gasteiger partial charge on any atom is -0.482 e. The Kier molecular flexibility index (Phi) is 5.71. The van der Waals surface area contributed by atoms with Gasteiger partial charge in [0.1, 0.15) is 18.1 Å². The number of hydrogen-bond donors (Lipinski definition) is 1. The Morgan fingerprint density at radius 3 is 2.56 bits per heavy atom. The van der Waals surface area contributed by atoms with Gasteiger partial charge in [0.25, 0.3) is 11.8 Å². The Labute approximate surface area is 195 Å². The lowest BCUT2D eigenvalue weighted by Crippen LogP contribution is -2.47. The molecular formula is C26H22FN3O4. The molecule has 0 unspecified atom stereocenters. The molecule has 0 spiro atoms. The Bertz CT molecular complexity index is 1280. The number of nitrogens with one attached hydrogen (secondary N) is 1. The number of carbonyl (C=O) groups excluding carboxylic acids is 3. The standard InChI is InChI=1S/C26H22FN3O4/c27-18-12-10-17(11-13-18)26(33)28-20-6-3-8-21-19(20)5-4-14-29(21)24(31)15-30-22-7-1-2-9-23(22)34-16-25(30)32/h1-3,6-13H,4-5,14-16H2,(H,28,33). The molecule has 0 fully saturated rings. The van der Waals surface area contributed by atoms with Gasteiger partial charge in [-0.2, -0.15) is 0 Å². The molecule has 0 aromatic heterocycles. The van der Waals surface area contributed by atoms with E-state index in [9.17, 15) is 18.8 Å². The van der Waals surface area contributed by atoms with E-state index in [0.29, 0.717) is 41.3 Å². The zero-order valence-corrected chi connectivity index (χ0v) is 18.3. The van der Waals surface area contributed by atoms with Crippen molar-refractivity contribution in [1.29, 1.82) is 0 Å². The first kappa shape index (κ1) is 21.6. The van der Waals surface area contributed by atoms with Gasteiger partial charge in [-0.1, -0.05) is 18.2 Å². The third-order valence-corrected chi connectivity index (χ3v) is 6.01. The second kappa shape index (κ2) is 8.97. The Morgan fingerprint density at radius 2 is 1.74 bits per heavy atom. The average molecular weight is 459 g/mol. The topological polar surface area (TPSA) is 79.0 Å². The van der Waals surface area contributed by atoms with E-state index in [4.69, 9.17) is 4.74 Å². The number of rotatable bonds is 4. The molecule has 172 valence electrons. The summed E-state index contributed by atoms with van der Waals surface area (Å²) in [6.45, 7) is 0.298. The molecule has 0 atom stereocenters. The third kappa shape index (κ3) is 4.10. The summed E-state index contributed by atoms with van der Waals surface area (Å²) < 4.78 is 18.7. The van der Waals surface area contributed by atoms with Crippen LogP contribution in [0.5, 0.6) is 5.75 Å². The maximum atomic E-state index is 13.3. The molecule has 0 radical (unpaired) electrons. The van der Waals surface area contributed by atoms with Crippen LogP contribution in [0.1, 0.15) is 22.3 Å². The molecule has 2 heterocycles. The SMILES string of the molecule is O=C(Nc1cccc2c1CCCN2C(=O)CN1C(=O)COc2ccccc21)c1ccc(F)cc1. The van der Waals surface area contributed by atoms with E-state index in [1.807, 2.05) is 12.1 Å². The van der Waals surface area contributed by atoms with Crippen molar-refractivity contribution in [3.05, 3.63) is 83.7 Å². The van der Waals surface area contributed by atoms with Crippen LogP contribution in [-0.2, 0) is 16.0 Å². The highest BCUT2D eigenvalue weighted by Gasteiger charge is 2.31. The van der Waals surface area contributed by atoms with Gasteiger partial charge in [-0.25, -0.2) is 4.39 Å². The fourth-order valence-electron chi connectivity index (χ4n) is 4.34. The molecule has 3 aromatic rings. The van der Waals surface area contributed by atoms with Crippen LogP contribution < -0.4 is 19.9 Å². The number of benzene rings is 3. The number of halogens is 1. The second-order valence-electron chi connectivity index (χ2n) is 8.15. The van der Waals surface area contributed by atoms with Crippen LogP contribution in [-0.4, -0.2) is 37.4 Å². The van der Waals surface area contributed by atoms with Crippen LogP contribution in [0, 0.1) is 5.82 Å². The van der Waals surface area contributed by atoms with E-state index in [1.54, 1.807) is 35.2 Å². The molecule has 1 N–H and O–H groups in total. The first-order valence-corrected chi connectivity index (χ1v) is 11.0. The van der Waals surface area contributed by atoms with E-state index in [2.05, 4.69) is 5.32 Å². The van der Waals surface area contributed by atoms with Crippen molar-refractivity contribution < 1.29 is 23.5 Å². The molecule has 3 aromatic carbocycles. The summed E-state index contributed by atoms with van der Waals surface area (Å²) in [5.41, 5.74) is 3.09. The number of ether oxygens (including phenoxy) is 1. The van der Waals surface area contributed by atoms with Crippen LogP contribution >= 0.6 is 0 Å². The summed E-state index contributed by atoms with van der Waals surface area (Å²) in [5, 5.41) is 2.89. The first-order valence-electron chi connectivity index (χ1n) is 11.0. The number of hydrogen-bond acceptors (Lipinski definition) is 4. The van der Waals surface area contributed by atoms with Crippen LogP contribution in [0.4, 0.5) is 21.5 Å². The highest BCUT2D eigenvalue weighted by atomic mass is 19.1. The van der Waals surface area contributed by atoms with Crippen LogP contribution in [0.2, 0.25) is 0 Å².